The summed E-state index contributed by atoms with van der Waals surface area (Å²) >= 11 is 0. The van der Waals surface area contributed by atoms with Gasteiger partial charge in [0.25, 0.3) is 6.43 Å². The van der Waals surface area contributed by atoms with E-state index < -0.39 is 17.9 Å². The van der Waals surface area contributed by atoms with Crippen LogP contribution in [0.3, 0.4) is 0 Å². The smallest absolute Gasteiger partial charge is 0.251 e. The Hall–Kier alpha value is -0.750. The molecule has 0 aromatic heterocycles. The van der Waals surface area contributed by atoms with Crippen molar-refractivity contribution in [1.29, 1.82) is 0 Å². The zero-order valence-electron chi connectivity index (χ0n) is 11.1. The van der Waals surface area contributed by atoms with Gasteiger partial charge in [0.15, 0.2) is 0 Å². The minimum absolute atomic E-state index is 0.182. The quantitative estimate of drug-likeness (QED) is 0.647. The molecule has 1 saturated carbocycles. The van der Waals surface area contributed by atoms with E-state index in [4.69, 9.17) is 5.73 Å². The summed E-state index contributed by atoms with van der Waals surface area (Å²) in [7, 11) is 1.60. The molecule has 1 fully saturated rings. The molecule has 0 radical (unpaired) electrons. The molecule has 4 nitrogen and oxygen atoms in total. The van der Waals surface area contributed by atoms with Gasteiger partial charge in [-0.05, 0) is 38.8 Å². The highest BCUT2D eigenvalue weighted by atomic mass is 19.3. The Labute approximate surface area is 107 Å². The molecule has 18 heavy (non-hydrogen) atoms. The van der Waals surface area contributed by atoms with Crippen molar-refractivity contribution in [2.45, 2.75) is 38.2 Å². The maximum Gasteiger partial charge on any atom is 0.251 e. The zero-order chi connectivity index (χ0) is 13.8. The number of rotatable bonds is 9. The van der Waals surface area contributed by atoms with E-state index in [1.54, 1.807) is 7.05 Å². The molecule has 0 spiro atoms. The van der Waals surface area contributed by atoms with Gasteiger partial charge in [-0.2, -0.15) is 0 Å². The molecule has 1 rings (SSSR count). The minimum atomic E-state index is -2.40. The predicted octanol–water partition coefficient (Wildman–Crippen LogP) is 0.817. The van der Waals surface area contributed by atoms with Crippen LogP contribution in [0.15, 0.2) is 0 Å². The lowest BCUT2D eigenvalue weighted by Gasteiger charge is -2.35. The van der Waals surface area contributed by atoms with E-state index in [0.717, 1.165) is 19.3 Å². The number of nitrogens with one attached hydrogen (secondary N) is 1. The summed E-state index contributed by atoms with van der Waals surface area (Å²) in [6.07, 6.45) is 0.343. The Balaban J connectivity index is 2.71. The van der Waals surface area contributed by atoms with Crippen LogP contribution < -0.4 is 11.1 Å². The second-order valence-electron chi connectivity index (χ2n) is 5.12. The third-order valence-electron chi connectivity index (χ3n) is 3.37. The van der Waals surface area contributed by atoms with Gasteiger partial charge in [-0.15, -0.1) is 0 Å². The van der Waals surface area contributed by atoms with Crippen LogP contribution in [0.5, 0.6) is 0 Å². The molecule has 1 aliphatic rings. The van der Waals surface area contributed by atoms with Crippen LogP contribution in [0.1, 0.15) is 26.2 Å². The van der Waals surface area contributed by atoms with Crippen molar-refractivity contribution >= 4 is 5.91 Å². The minimum Gasteiger partial charge on any atom is -0.368 e. The maximum atomic E-state index is 12.4. The molecule has 0 heterocycles. The van der Waals surface area contributed by atoms with E-state index in [9.17, 15) is 13.6 Å². The Morgan fingerprint density at radius 3 is 2.56 bits per heavy atom. The van der Waals surface area contributed by atoms with Crippen molar-refractivity contribution in [3.63, 3.8) is 0 Å². The average molecular weight is 263 g/mol. The van der Waals surface area contributed by atoms with Gasteiger partial charge < -0.3 is 11.1 Å². The molecular weight excluding hydrogens is 240 g/mol. The third kappa shape index (κ3) is 3.88. The largest absolute Gasteiger partial charge is 0.368 e. The molecule has 106 valence electrons. The Morgan fingerprint density at radius 2 is 2.17 bits per heavy atom. The van der Waals surface area contributed by atoms with Gasteiger partial charge in [-0.1, -0.05) is 6.92 Å². The SMILES string of the molecule is CCCNC(CN(C)CC(F)F)(C(N)=O)C1CC1. The van der Waals surface area contributed by atoms with E-state index >= 15 is 0 Å². The Morgan fingerprint density at radius 1 is 1.56 bits per heavy atom. The summed E-state index contributed by atoms with van der Waals surface area (Å²) in [6.45, 7) is 2.57. The highest BCUT2D eigenvalue weighted by Gasteiger charge is 2.50. The van der Waals surface area contributed by atoms with Gasteiger partial charge in [-0.3, -0.25) is 9.69 Å². The first-order chi connectivity index (χ1) is 8.42. The van der Waals surface area contributed by atoms with Crippen LogP contribution in [0.2, 0.25) is 0 Å². The van der Waals surface area contributed by atoms with Crippen molar-refractivity contribution in [2.75, 3.05) is 26.7 Å². The normalized spacial score (nSPS) is 19.2. The lowest BCUT2D eigenvalue weighted by molar-refractivity contribution is -0.126. The second-order valence-corrected chi connectivity index (χ2v) is 5.12. The number of halogens is 2. The van der Waals surface area contributed by atoms with Gasteiger partial charge in [0, 0.05) is 6.54 Å². The summed E-state index contributed by atoms with van der Waals surface area (Å²) < 4.78 is 24.7. The van der Waals surface area contributed by atoms with E-state index in [1.807, 2.05) is 6.92 Å². The van der Waals surface area contributed by atoms with Crippen LogP contribution in [-0.2, 0) is 4.79 Å². The molecule has 0 aromatic rings. The number of primary amides is 1. The maximum absolute atomic E-state index is 12.4. The third-order valence-corrected chi connectivity index (χ3v) is 3.37. The van der Waals surface area contributed by atoms with E-state index in [1.165, 1.54) is 4.90 Å². The van der Waals surface area contributed by atoms with E-state index in [2.05, 4.69) is 5.32 Å². The average Bonchev–Trinajstić information content (AvgIpc) is 3.06. The summed E-state index contributed by atoms with van der Waals surface area (Å²) in [5.41, 5.74) is 4.67. The molecule has 0 bridgehead atoms. The van der Waals surface area contributed by atoms with Gasteiger partial charge in [-0.25, -0.2) is 8.78 Å². The number of carbonyl (C=O) groups is 1. The Kier molecular flexibility index (Phi) is 5.47. The molecule has 3 N–H and O–H groups in total. The topological polar surface area (TPSA) is 58.4 Å². The molecule has 1 aliphatic carbocycles. The zero-order valence-corrected chi connectivity index (χ0v) is 11.1. The highest BCUT2D eigenvalue weighted by Crippen LogP contribution is 2.40. The van der Waals surface area contributed by atoms with Crippen molar-refractivity contribution in [3.05, 3.63) is 0 Å². The lowest BCUT2D eigenvalue weighted by atomic mass is 9.91. The van der Waals surface area contributed by atoms with Crippen molar-refractivity contribution in [3.8, 4) is 0 Å². The fourth-order valence-corrected chi connectivity index (χ4v) is 2.35. The van der Waals surface area contributed by atoms with E-state index in [0.29, 0.717) is 6.54 Å². The van der Waals surface area contributed by atoms with Gasteiger partial charge in [0.2, 0.25) is 5.91 Å². The van der Waals surface area contributed by atoms with Gasteiger partial charge in [0.1, 0.15) is 5.54 Å². The number of hydrogen-bond acceptors (Lipinski definition) is 3. The van der Waals surface area contributed by atoms with Crippen LogP contribution in [0, 0.1) is 5.92 Å². The number of likely N-dealkylation sites (N-methyl/N-ethyl adjacent to an activating group) is 1. The van der Waals surface area contributed by atoms with Gasteiger partial charge >= 0.3 is 0 Å². The molecule has 0 aromatic carbocycles. The first-order valence-corrected chi connectivity index (χ1v) is 6.44. The molecule has 1 unspecified atom stereocenters. The first kappa shape index (κ1) is 15.3. The Bertz CT molecular complexity index is 284. The molecular formula is C12H23F2N3O. The molecule has 1 amide bonds. The molecule has 6 heteroatoms. The number of nitrogens with two attached hydrogens (primary N) is 1. The van der Waals surface area contributed by atoms with E-state index in [-0.39, 0.29) is 19.0 Å². The second kappa shape index (κ2) is 6.43. The number of carbonyl (C=O) groups excluding carboxylic acids is 1. The fraction of sp³-hybridized carbons (Fsp3) is 0.917. The number of nitrogens with zero attached hydrogens (tertiary/aromatic N) is 1. The monoisotopic (exact) mass is 263 g/mol. The van der Waals surface area contributed by atoms with Crippen molar-refractivity contribution in [2.24, 2.45) is 11.7 Å². The fourth-order valence-electron chi connectivity index (χ4n) is 2.35. The number of alkyl halides is 2. The number of hydrogen-bond donors (Lipinski definition) is 2. The standard InChI is InChI=1S/C12H23F2N3O/c1-3-6-16-12(11(15)18,9-4-5-9)8-17(2)7-10(13)14/h9-10,16H,3-8H2,1-2H3,(H2,15,18). The number of amides is 1. The molecule has 1 atom stereocenters. The molecule has 0 aliphatic heterocycles. The van der Waals surface area contributed by atoms with Crippen LogP contribution >= 0.6 is 0 Å². The van der Waals surface area contributed by atoms with Crippen molar-refractivity contribution < 1.29 is 13.6 Å². The summed E-state index contributed by atoms with van der Waals surface area (Å²) in [4.78, 5) is 13.3. The summed E-state index contributed by atoms with van der Waals surface area (Å²) in [6, 6.07) is 0. The lowest BCUT2D eigenvalue weighted by Crippen LogP contribution is -2.63. The predicted molar refractivity (Wildman–Crippen MR) is 66.4 cm³/mol. The molecule has 0 saturated heterocycles. The summed E-state index contributed by atoms with van der Waals surface area (Å²) in [5, 5.41) is 3.19. The van der Waals surface area contributed by atoms with Crippen LogP contribution in [-0.4, -0.2) is 49.5 Å². The first-order valence-electron chi connectivity index (χ1n) is 6.44. The van der Waals surface area contributed by atoms with Crippen LogP contribution in [0.4, 0.5) is 8.78 Å². The summed E-state index contributed by atoms with van der Waals surface area (Å²) in [5.74, 6) is -0.249. The van der Waals surface area contributed by atoms with Crippen LogP contribution in [0.25, 0.3) is 0 Å². The highest BCUT2D eigenvalue weighted by molar-refractivity contribution is 5.86. The van der Waals surface area contributed by atoms with Gasteiger partial charge in [0.05, 0.1) is 6.54 Å². The van der Waals surface area contributed by atoms with Crippen molar-refractivity contribution in [1.82, 2.24) is 10.2 Å².